The van der Waals surface area contributed by atoms with Crippen molar-refractivity contribution in [2.24, 2.45) is 0 Å². The van der Waals surface area contributed by atoms with Gasteiger partial charge in [-0.1, -0.05) is 11.6 Å². The summed E-state index contributed by atoms with van der Waals surface area (Å²) in [5, 5.41) is 3.37. The van der Waals surface area contributed by atoms with E-state index in [0.717, 1.165) is 25.9 Å². The fraction of sp³-hybridized carbons (Fsp3) is 0.353. The number of aromatic nitrogens is 2. The minimum Gasteiger partial charge on any atom is -0.342 e. The zero-order chi connectivity index (χ0) is 17.1. The number of benzene rings is 1. The predicted molar refractivity (Wildman–Crippen MR) is 94.8 cm³/mol. The first-order valence-corrected chi connectivity index (χ1v) is 8.29. The Morgan fingerprint density at radius 1 is 1.25 bits per heavy atom. The molecular formula is C17H19ClN4O2. The number of carbonyl (C=O) groups is 1. The smallest absolute Gasteiger partial charge is 0.255 e. The number of nitrogens with zero attached hydrogens (tertiary/aromatic N) is 3. The van der Waals surface area contributed by atoms with Gasteiger partial charge < -0.3 is 10.2 Å². The molecule has 0 unspecified atom stereocenters. The molecule has 1 amide bonds. The maximum absolute atomic E-state index is 12.3. The average Bonchev–Trinajstić information content (AvgIpc) is 3.06. The van der Waals surface area contributed by atoms with Gasteiger partial charge in [0.25, 0.3) is 5.56 Å². The van der Waals surface area contributed by atoms with Crippen LogP contribution in [0.2, 0.25) is 5.02 Å². The zero-order valence-electron chi connectivity index (χ0n) is 13.5. The van der Waals surface area contributed by atoms with Crippen LogP contribution in [0.5, 0.6) is 0 Å². The number of hydrogen-bond donors (Lipinski definition) is 1. The molecule has 0 atom stereocenters. The molecule has 1 saturated heterocycles. The Labute approximate surface area is 145 Å². The highest BCUT2D eigenvalue weighted by atomic mass is 35.5. The topological polar surface area (TPSA) is 67.2 Å². The molecule has 1 fully saturated rings. The molecule has 1 aliphatic rings. The lowest BCUT2D eigenvalue weighted by atomic mass is 10.3. The lowest BCUT2D eigenvalue weighted by Gasteiger charge is -2.21. The van der Waals surface area contributed by atoms with Crippen molar-refractivity contribution in [3.8, 4) is 0 Å². The quantitative estimate of drug-likeness (QED) is 0.923. The minimum absolute atomic E-state index is 0.0689. The van der Waals surface area contributed by atoms with E-state index in [2.05, 4.69) is 15.2 Å². The lowest BCUT2D eigenvalue weighted by molar-refractivity contribution is -0.116. The summed E-state index contributed by atoms with van der Waals surface area (Å²) in [6.07, 6.45) is 2.14. The van der Waals surface area contributed by atoms with Crippen molar-refractivity contribution in [3.63, 3.8) is 0 Å². The Morgan fingerprint density at radius 2 is 1.92 bits per heavy atom. The molecule has 1 aromatic heterocycles. The summed E-state index contributed by atoms with van der Waals surface area (Å²) in [6.45, 7) is 3.43. The van der Waals surface area contributed by atoms with Crippen molar-refractivity contribution >= 4 is 29.1 Å². The molecule has 2 heterocycles. The van der Waals surface area contributed by atoms with Crippen LogP contribution >= 0.6 is 11.6 Å². The second kappa shape index (κ2) is 7.05. The molecule has 24 heavy (non-hydrogen) atoms. The van der Waals surface area contributed by atoms with Crippen LogP contribution in [0.15, 0.2) is 35.1 Å². The van der Waals surface area contributed by atoms with Gasteiger partial charge >= 0.3 is 0 Å². The van der Waals surface area contributed by atoms with Crippen LogP contribution in [0, 0.1) is 6.92 Å². The van der Waals surface area contributed by atoms with Crippen LogP contribution in [0.4, 0.5) is 11.6 Å². The summed E-state index contributed by atoms with van der Waals surface area (Å²) in [4.78, 5) is 31.2. The molecule has 3 rings (SSSR count). The third-order valence-corrected chi connectivity index (χ3v) is 4.19. The van der Waals surface area contributed by atoms with E-state index in [1.165, 1.54) is 10.6 Å². The van der Waals surface area contributed by atoms with Gasteiger partial charge in [-0.25, -0.2) is 4.98 Å². The molecule has 6 nitrogen and oxygen atoms in total. The molecule has 126 valence electrons. The number of amides is 1. The number of aryl methyl sites for hydroxylation is 1. The fourth-order valence-corrected chi connectivity index (χ4v) is 2.92. The summed E-state index contributed by atoms with van der Waals surface area (Å²) in [7, 11) is 0. The van der Waals surface area contributed by atoms with Crippen molar-refractivity contribution in [3.05, 3.63) is 51.4 Å². The molecule has 0 aliphatic carbocycles. The summed E-state index contributed by atoms with van der Waals surface area (Å²) >= 11 is 5.84. The van der Waals surface area contributed by atoms with E-state index in [1.54, 1.807) is 31.2 Å². The highest BCUT2D eigenvalue weighted by molar-refractivity contribution is 6.30. The summed E-state index contributed by atoms with van der Waals surface area (Å²) in [5.41, 5.74) is 1.09. The van der Waals surface area contributed by atoms with Crippen molar-refractivity contribution in [2.45, 2.75) is 26.3 Å². The summed E-state index contributed by atoms with van der Waals surface area (Å²) < 4.78 is 1.43. The van der Waals surface area contributed by atoms with Crippen molar-refractivity contribution in [1.82, 2.24) is 9.55 Å². The molecule has 0 saturated carbocycles. The van der Waals surface area contributed by atoms with Crippen molar-refractivity contribution in [2.75, 3.05) is 23.3 Å². The van der Waals surface area contributed by atoms with E-state index in [0.29, 0.717) is 22.4 Å². The molecular weight excluding hydrogens is 328 g/mol. The largest absolute Gasteiger partial charge is 0.342 e. The van der Waals surface area contributed by atoms with Crippen LogP contribution in [-0.4, -0.2) is 28.5 Å². The number of nitrogens with one attached hydrogen (secondary N) is 1. The van der Waals surface area contributed by atoms with Crippen molar-refractivity contribution in [1.29, 1.82) is 0 Å². The zero-order valence-corrected chi connectivity index (χ0v) is 14.2. The molecule has 1 aromatic carbocycles. The number of hydrogen-bond acceptors (Lipinski definition) is 4. The van der Waals surface area contributed by atoms with Gasteiger partial charge in [0.15, 0.2) is 0 Å². The second-order valence-corrected chi connectivity index (χ2v) is 6.31. The Morgan fingerprint density at radius 3 is 2.58 bits per heavy atom. The van der Waals surface area contributed by atoms with Crippen LogP contribution in [0.25, 0.3) is 0 Å². The van der Waals surface area contributed by atoms with Gasteiger partial charge in [0.2, 0.25) is 11.9 Å². The Kier molecular flexibility index (Phi) is 4.85. The van der Waals surface area contributed by atoms with E-state index < -0.39 is 0 Å². The predicted octanol–water partition coefficient (Wildman–Crippen LogP) is 2.44. The van der Waals surface area contributed by atoms with Gasteiger partial charge in [-0.2, -0.15) is 0 Å². The van der Waals surface area contributed by atoms with E-state index in [-0.39, 0.29) is 18.0 Å². The van der Waals surface area contributed by atoms with Gasteiger partial charge in [0.1, 0.15) is 6.54 Å². The molecule has 7 heteroatoms. The molecule has 0 spiro atoms. The highest BCUT2D eigenvalue weighted by Crippen LogP contribution is 2.17. The Balaban J connectivity index is 1.82. The normalized spacial score (nSPS) is 14.0. The van der Waals surface area contributed by atoms with Crippen LogP contribution in [0.3, 0.4) is 0 Å². The Bertz CT molecular complexity index is 795. The van der Waals surface area contributed by atoms with Crippen LogP contribution in [0.1, 0.15) is 18.5 Å². The summed E-state index contributed by atoms with van der Waals surface area (Å²) in [5.74, 6) is 0.300. The van der Waals surface area contributed by atoms with Gasteiger partial charge in [0.05, 0.1) is 0 Å². The van der Waals surface area contributed by atoms with Gasteiger partial charge in [-0.15, -0.1) is 0 Å². The molecule has 2 aromatic rings. The van der Waals surface area contributed by atoms with E-state index in [1.807, 2.05) is 0 Å². The van der Waals surface area contributed by atoms with Gasteiger partial charge in [-0.3, -0.25) is 14.2 Å². The van der Waals surface area contributed by atoms with Crippen LogP contribution in [-0.2, 0) is 11.3 Å². The van der Waals surface area contributed by atoms with E-state index >= 15 is 0 Å². The SMILES string of the molecule is Cc1cc(=O)n(CC(=O)Nc2ccc(Cl)cc2)c(N2CCCC2)n1. The van der Waals surface area contributed by atoms with Gasteiger partial charge in [0, 0.05) is 35.6 Å². The standard InChI is InChI=1S/C17H19ClN4O2/c1-12-10-16(24)22(17(19-12)21-8-2-3-9-21)11-15(23)20-14-6-4-13(18)5-7-14/h4-7,10H,2-3,8-9,11H2,1H3,(H,20,23). The maximum atomic E-state index is 12.3. The summed E-state index contributed by atoms with van der Waals surface area (Å²) in [6, 6.07) is 8.30. The van der Waals surface area contributed by atoms with E-state index in [4.69, 9.17) is 11.6 Å². The van der Waals surface area contributed by atoms with Crippen molar-refractivity contribution < 1.29 is 4.79 Å². The fourth-order valence-electron chi connectivity index (χ4n) is 2.79. The maximum Gasteiger partial charge on any atom is 0.255 e. The first-order chi connectivity index (χ1) is 11.5. The third kappa shape index (κ3) is 3.76. The average molecular weight is 347 g/mol. The van der Waals surface area contributed by atoms with Crippen LogP contribution < -0.4 is 15.8 Å². The first kappa shape index (κ1) is 16.5. The Hall–Kier alpha value is -2.34. The van der Waals surface area contributed by atoms with Gasteiger partial charge in [-0.05, 0) is 44.0 Å². The van der Waals surface area contributed by atoms with E-state index in [9.17, 15) is 9.59 Å². The molecule has 1 aliphatic heterocycles. The second-order valence-electron chi connectivity index (χ2n) is 5.87. The minimum atomic E-state index is -0.273. The monoisotopic (exact) mass is 346 g/mol. The molecule has 0 bridgehead atoms. The number of carbonyl (C=O) groups excluding carboxylic acids is 1. The molecule has 0 radical (unpaired) electrons. The first-order valence-electron chi connectivity index (χ1n) is 7.92. The number of halogens is 1. The number of rotatable bonds is 4. The lowest BCUT2D eigenvalue weighted by Crippen LogP contribution is -2.34. The highest BCUT2D eigenvalue weighted by Gasteiger charge is 2.20. The number of anilines is 2. The third-order valence-electron chi connectivity index (χ3n) is 3.93. The molecule has 1 N–H and O–H groups in total.